The SMILES string of the molecule is CC(N)c1cccc(-c2cnn(C)c2)c1. The summed E-state index contributed by atoms with van der Waals surface area (Å²) in [5.41, 5.74) is 9.28. The van der Waals surface area contributed by atoms with Gasteiger partial charge in [-0.25, -0.2) is 0 Å². The summed E-state index contributed by atoms with van der Waals surface area (Å²) >= 11 is 0. The summed E-state index contributed by atoms with van der Waals surface area (Å²) < 4.78 is 1.80. The highest BCUT2D eigenvalue weighted by Gasteiger charge is 2.03. The third kappa shape index (κ3) is 2.07. The molecule has 2 rings (SSSR count). The molecule has 0 saturated heterocycles. The molecule has 0 bridgehead atoms. The Bertz CT molecular complexity index is 457. The van der Waals surface area contributed by atoms with E-state index in [4.69, 9.17) is 5.73 Å². The number of nitrogens with zero attached hydrogens (tertiary/aromatic N) is 2. The van der Waals surface area contributed by atoms with Crippen LogP contribution in [0, 0.1) is 0 Å². The number of nitrogens with two attached hydrogens (primary N) is 1. The van der Waals surface area contributed by atoms with Crippen molar-refractivity contribution in [3.8, 4) is 11.1 Å². The van der Waals surface area contributed by atoms with E-state index in [-0.39, 0.29) is 6.04 Å². The van der Waals surface area contributed by atoms with E-state index in [1.807, 2.05) is 38.5 Å². The maximum Gasteiger partial charge on any atom is 0.0568 e. The fourth-order valence-corrected chi connectivity index (χ4v) is 1.57. The summed E-state index contributed by atoms with van der Waals surface area (Å²) in [5, 5.41) is 4.15. The molecule has 15 heavy (non-hydrogen) atoms. The van der Waals surface area contributed by atoms with Gasteiger partial charge in [0.2, 0.25) is 0 Å². The highest BCUT2D eigenvalue weighted by Crippen LogP contribution is 2.21. The van der Waals surface area contributed by atoms with Crippen LogP contribution in [0.1, 0.15) is 18.5 Å². The van der Waals surface area contributed by atoms with Crippen molar-refractivity contribution in [2.24, 2.45) is 12.8 Å². The fraction of sp³-hybridized carbons (Fsp3) is 0.250. The zero-order valence-electron chi connectivity index (χ0n) is 9.01. The van der Waals surface area contributed by atoms with Gasteiger partial charge in [0, 0.05) is 24.8 Å². The van der Waals surface area contributed by atoms with Crippen LogP contribution in [0.5, 0.6) is 0 Å². The largest absolute Gasteiger partial charge is 0.324 e. The van der Waals surface area contributed by atoms with Gasteiger partial charge in [0.1, 0.15) is 0 Å². The van der Waals surface area contributed by atoms with E-state index in [0.717, 1.165) is 16.7 Å². The first kappa shape index (κ1) is 9.93. The van der Waals surface area contributed by atoms with Crippen molar-refractivity contribution in [2.45, 2.75) is 13.0 Å². The van der Waals surface area contributed by atoms with Gasteiger partial charge in [-0.05, 0) is 24.1 Å². The first-order chi connectivity index (χ1) is 7.16. The van der Waals surface area contributed by atoms with E-state index in [1.165, 1.54) is 0 Å². The van der Waals surface area contributed by atoms with Crippen LogP contribution in [0.3, 0.4) is 0 Å². The molecular weight excluding hydrogens is 186 g/mol. The van der Waals surface area contributed by atoms with Gasteiger partial charge in [0.15, 0.2) is 0 Å². The minimum atomic E-state index is 0.0709. The van der Waals surface area contributed by atoms with E-state index in [0.29, 0.717) is 0 Å². The molecule has 0 aliphatic carbocycles. The Balaban J connectivity index is 2.41. The first-order valence-electron chi connectivity index (χ1n) is 5.01. The molecule has 0 fully saturated rings. The monoisotopic (exact) mass is 201 g/mol. The molecule has 0 radical (unpaired) electrons. The smallest absolute Gasteiger partial charge is 0.0568 e. The quantitative estimate of drug-likeness (QED) is 0.808. The summed E-state index contributed by atoms with van der Waals surface area (Å²) in [7, 11) is 1.92. The number of rotatable bonds is 2. The van der Waals surface area contributed by atoms with E-state index < -0.39 is 0 Å². The van der Waals surface area contributed by atoms with Crippen LogP contribution in [-0.4, -0.2) is 9.78 Å². The molecule has 0 amide bonds. The first-order valence-corrected chi connectivity index (χ1v) is 5.01. The van der Waals surface area contributed by atoms with Gasteiger partial charge >= 0.3 is 0 Å². The molecule has 0 aliphatic heterocycles. The van der Waals surface area contributed by atoms with Crippen molar-refractivity contribution < 1.29 is 0 Å². The van der Waals surface area contributed by atoms with E-state index in [9.17, 15) is 0 Å². The second-order valence-electron chi connectivity index (χ2n) is 3.82. The zero-order valence-corrected chi connectivity index (χ0v) is 9.01. The summed E-state index contributed by atoms with van der Waals surface area (Å²) in [4.78, 5) is 0. The van der Waals surface area contributed by atoms with Crippen molar-refractivity contribution in [3.63, 3.8) is 0 Å². The van der Waals surface area contributed by atoms with Gasteiger partial charge in [-0.2, -0.15) is 5.10 Å². The molecule has 0 spiro atoms. The van der Waals surface area contributed by atoms with Gasteiger partial charge in [-0.1, -0.05) is 18.2 Å². The lowest BCUT2D eigenvalue weighted by Crippen LogP contribution is -2.04. The molecule has 0 saturated carbocycles. The highest BCUT2D eigenvalue weighted by atomic mass is 15.2. The summed E-state index contributed by atoms with van der Waals surface area (Å²) in [5.74, 6) is 0. The third-order valence-corrected chi connectivity index (χ3v) is 2.45. The molecule has 2 N–H and O–H groups in total. The molecule has 1 unspecified atom stereocenters. The standard InChI is InChI=1S/C12H15N3/c1-9(13)10-4-3-5-11(6-10)12-7-14-15(2)8-12/h3-9H,13H2,1-2H3. The number of hydrogen-bond donors (Lipinski definition) is 1. The zero-order chi connectivity index (χ0) is 10.8. The predicted octanol–water partition coefficient (Wildman–Crippen LogP) is 2.11. The summed E-state index contributed by atoms with van der Waals surface area (Å²) in [6, 6.07) is 8.33. The van der Waals surface area contributed by atoms with E-state index >= 15 is 0 Å². The van der Waals surface area contributed by atoms with Crippen molar-refractivity contribution >= 4 is 0 Å². The fourth-order valence-electron chi connectivity index (χ4n) is 1.57. The minimum Gasteiger partial charge on any atom is -0.324 e. The Morgan fingerprint density at radius 2 is 2.13 bits per heavy atom. The molecule has 3 heteroatoms. The summed E-state index contributed by atoms with van der Waals surface area (Å²) in [6.45, 7) is 1.99. The second-order valence-corrected chi connectivity index (χ2v) is 3.82. The molecule has 2 aromatic rings. The Morgan fingerprint density at radius 1 is 1.33 bits per heavy atom. The average molecular weight is 201 g/mol. The van der Waals surface area contributed by atoms with Crippen LogP contribution < -0.4 is 5.73 Å². The Morgan fingerprint density at radius 3 is 2.73 bits per heavy atom. The number of benzene rings is 1. The van der Waals surface area contributed by atoms with E-state index in [1.54, 1.807) is 4.68 Å². The van der Waals surface area contributed by atoms with Crippen LogP contribution in [0.4, 0.5) is 0 Å². The van der Waals surface area contributed by atoms with E-state index in [2.05, 4.69) is 17.2 Å². The Labute approximate surface area is 89.5 Å². The molecular formula is C12H15N3. The number of aryl methyl sites for hydroxylation is 1. The molecule has 1 heterocycles. The molecule has 1 aromatic heterocycles. The lowest BCUT2D eigenvalue weighted by molar-refractivity contribution is 0.768. The number of hydrogen-bond acceptors (Lipinski definition) is 2. The lowest BCUT2D eigenvalue weighted by Gasteiger charge is -2.06. The third-order valence-electron chi connectivity index (χ3n) is 2.45. The van der Waals surface area contributed by atoms with Gasteiger partial charge in [0.05, 0.1) is 6.20 Å². The van der Waals surface area contributed by atoms with Crippen molar-refractivity contribution in [3.05, 3.63) is 42.2 Å². The summed E-state index contributed by atoms with van der Waals surface area (Å²) in [6.07, 6.45) is 3.86. The maximum absolute atomic E-state index is 5.85. The minimum absolute atomic E-state index is 0.0709. The molecule has 0 aliphatic rings. The average Bonchev–Trinajstić information content (AvgIpc) is 2.65. The van der Waals surface area contributed by atoms with Crippen LogP contribution in [-0.2, 0) is 7.05 Å². The molecule has 78 valence electrons. The van der Waals surface area contributed by atoms with Crippen molar-refractivity contribution in [2.75, 3.05) is 0 Å². The van der Waals surface area contributed by atoms with Crippen LogP contribution >= 0.6 is 0 Å². The Kier molecular flexibility index (Phi) is 2.56. The maximum atomic E-state index is 5.85. The predicted molar refractivity (Wildman–Crippen MR) is 61.2 cm³/mol. The van der Waals surface area contributed by atoms with Crippen LogP contribution in [0.15, 0.2) is 36.7 Å². The topological polar surface area (TPSA) is 43.8 Å². The van der Waals surface area contributed by atoms with Gasteiger partial charge in [0.25, 0.3) is 0 Å². The Hall–Kier alpha value is -1.61. The van der Waals surface area contributed by atoms with Crippen molar-refractivity contribution in [1.82, 2.24) is 9.78 Å². The van der Waals surface area contributed by atoms with Gasteiger partial charge in [-0.15, -0.1) is 0 Å². The molecule has 1 atom stereocenters. The van der Waals surface area contributed by atoms with Gasteiger partial charge in [-0.3, -0.25) is 4.68 Å². The van der Waals surface area contributed by atoms with Crippen molar-refractivity contribution in [1.29, 1.82) is 0 Å². The lowest BCUT2D eigenvalue weighted by atomic mass is 10.0. The molecule has 1 aromatic carbocycles. The van der Waals surface area contributed by atoms with Gasteiger partial charge < -0.3 is 5.73 Å². The van der Waals surface area contributed by atoms with Crippen LogP contribution in [0.25, 0.3) is 11.1 Å². The second kappa shape index (κ2) is 3.87. The molecule has 3 nitrogen and oxygen atoms in total. The normalized spacial score (nSPS) is 12.7. The van der Waals surface area contributed by atoms with Crippen LogP contribution in [0.2, 0.25) is 0 Å². The number of aromatic nitrogens is 2. The highest BCUT2D eigenvalue weighted by molar-refractivity contribution is 5.62.